The van der Waals surface area contributed by atoms with Gasteiger partial charge in [-0.2, -0.15) is 0 Å². The van der Waals surface area contributed by atoms with Crippen molar-refractivity contribution in [2.45, 2.75) is 69.0 Å². The summed E-state index contributed by atoms with van der Waals surface area (Å²) in [5.74, 6) is 0.397. The van der Waals surface area contributed by atoms with Gasteiger partial charge in [0.15, 0.2) is 0 Å². The highest BCUT2D eigenvalue weighted by atomic mass is 32.2. The number of hydrogen-bond donors (Lipinski definition) is 0. The molecule has 6 heteroatoms. The smallest absolute Gasteiger partial charge is 0.261 e. The molecule has 3 nitrogen and oxygen atoms in total. The van der Waals surface area contributed by atoms with Crippen molar-refractivity contribution in [1.82, 2.24) is 0 Å². The second-order valence-corrected chi connectivity index (χ2v) is 25.0. The van der Waals surface area contributed by atoms with Crippen molar-refractivity contribution in [2.75, 3.05) is 12.4 Å². The molecule has 1 unspecified atom stereocenters. The molecule has 0 heterocycles. The molecule has 2 atom stereocenters. The highest BCUT2D eigenvalue weighted by Crippen LogP contribution is 2.39. The standard InChI is InChI=1S/C44H52O3SSi2/c1-43(2,3)49(39-27-14-8-15-28-39,40-29-16-9-17-30-40)46-35-23-22-24-37(36-48(45)38-25-12-7-13-26-38)47-50(44(4,5)6,41-31-18-10-19-32-41)42-33-20-11-21-34-42/h7-23,25-34,37H,24,35-36H2,1-6H3/b23-22+/t37-,48?/m0/s1. The van der Waals surface area contributed by atoms with Crippen LogP contribution in [0.15, 0.2) is 169 Å². The highest BCUT2D eigenvalue weighted by Gasteiger charge is 2.52. The molecule has 5 rings (SSSR count). The molecule has 0 aromatic heterocycles. The third kappa shape index (κ3) is 8.27. The van der Waals surface area contributed by atoms with E-state index < -0.39 is 27.4 Å². The molecule has 0 fully saturated rings. The van der Waals surface area contributed by atoms with Crippen LogP contribution in [0.2, 0.25) is 10.1 Å². The van der Waals surface area contributed by atoms with Crippen LogP contribution >= 0.6 is 0 Å². The van der Waals surface area contributed by atoms with Gasteiger partial charge in [-0.3, -0.25) is 4.21 Å². The first-order valence-electron chi connectivity index (χ1n) is 17.6. The Morgan fingerprint density at radius 2 is 0.900 bits per heavy atom. The Labute approximate surface area is 305 Å². The Hall–Kier alpha value is -3.66. The van der Waals surface area contributed by atoms with E-state index in [9.17, 15) is 4.21 Å². The van der Waals surface area contributed by atoms with Gasteiger partial charge in [0.1, 0.15) is 0 Å². The van der Waals surface area contributed by atoms with Gasteiger partial charge in [-0.15, -0.1) is 0 Å². The minimum Gasteiger partial charge on any atom is -0.404 e. The largest absolute Gasteiger partial charge is 0.404 e. The second-order valence-electron chi connectivity index (χ2n) is 14.9. The molecule has 0 N–H and O–H groups in total. The van der Waals surface area contributed by atoms with Crippen LogP contribution in [0.1, 0.15) is 48.0 Å². The van der Waals surface area contributed by atoms with Crippen LogP contribution in [-0.4, -0.2) is 39.3 Å². The third-order valence-electron chi connectivity index (χ3n) is 9.48. The summed E-state index contributed by atoms with van der Waals surface area (Å²) in [5, 5.41) is 4.65. The molecule has 0 amide bonds. The molecule has 0 saturated carbocycles. The lowest BCUT2D eigenvalue weighted by molar-refractivity contribution is 0.212. The van der Waals surface area contributed by atoms with Crippen molar-refractivity contribution in [3.8, 4) is 0 Å². The van der Waals surface area contributed by atoms with E-state index in [0.29, 0.717) is 18.8 Å². The molecular formula is C44H52O3SSi2. The lowest BCUT2D eigenvalue weighted by atomic mass is 10.2. The van der Waals surface area contributed by atoms with Crippen molar-refractivity contribution in [2.24, 2.45) is 0 Å². The summed E-state index contributed by atoms with van der Waals surface area (Å²) in [4.78, 5) is 0.822. The monoisotopic (exact) mass is 716 g/mol. The molecule has 50 heavy (non-hydrogen) atoms. The molecular weight excluding hydrogens is 665 g/mol. The van der Waals surface area contributed by atoms with Gasteiger partial charge >= 0.3 is 0 Å². The number of rotatable bonds is 14. The zero-order valence-corrected chi connectivity index (χ0v) is 33.2. The fourth-order valence-corrected chi connectivity index (χ4v) is 17.7. The van der Waals surface area contributed by atoms with E-state index >= 15 is 0 Å². The van der Waals surface area contributed by atoms with E-state index in [1.54, 1.807) is 0 Å². The molecule has 5 aromatic rings. The number of hydrogen-bond acceptors (Lipinski definition) is 3. The summed E-state index contributed by atoms with van der Waals surface area (Å²) < 4.78 is 28.6. The molecule has 260 valence electrons. The zero-order chi connectivity index (χ0) is 35.7. The van der Waals surface area contributed by atoms with E-state index in [1.165, 1.54) is 20.7 Å². The third-order valence-corrected chi connectivity index (χ3v) is 21.1. The minimum absolute atomic E-state index is 0.106. The van der Waals surface area contributed by atoms with Crippen molar-refractivity contribution in [3.63, 3.8) is 0 Å². The second kappa shape index (κ2) is 16.6. The van der Waals surface area contributed by atoms with Crippen molar-refractivity contribution in [1.29, 1.82) is 0 Å². The van der Waals surface area contributed by atoms with Gasteiger partial charge < -0.3 is 8.85 Å². The van der Waals surface area contributed by atoms with Gasteiger partial charge in [0.2, 0.25) is 0 Å². The fraction of sp³-hybridized carbons (Fsp3) is 0.273. The van der Waals surface area contributed by atoms with Crippen LogP contribution in [0.4, 0.5) is 0 Å². The quantitative estimate of drug-likeness (QED) is 0.0858. The highest BCUT2D eigenvalue weighted by molar-refractivity contribution is 7.85. The Kier molecular flexibility index (Phi) is 12.5. The topological polar surface area (TPSA) is 35.5 Å². The zero-order valence-electron chi connectivity index (χ0n) is 30.4. The van der Waals surface area contributed by atoms with E-state index in [2.05, 4.69) is 175 Å². The SMILES string of the molecule is CC(C)(C)[Si](OC/C=C/C[C@@H](CS(=O)c1ccccc1)O[Si](c1ccccc1)(c1ccccc1)C(C)(C)C)(c1ccccc1)c1ccccc1. The summed E-state index contributed by atoms with van der Waals surface area (Å²) in [7, 11) is -6.79. The molecule has 0 radical (unpaired) electrons. The van der Waals surface area contributed by atoms with Crippen LogP contribution in [-0.2, 0) is 19.7 Å². The van der Waals surface area contributed by atoms with Crippen LogP contribution in [0, 0.1) is 0 Å². The first-order chi connectivity index (χ1) is 24.0. The maximum absolute atomic E-state index is 13.9. The predicted molar refractivity (Wildman–Crippen MR) is 218 cm³/mol. The van der Waals surface area contributed by atoms with Crippen LogP contribution < -0.4 is 20.7 Å². The lowest BCUT2D eigenvalue weighted by Gasteiger charge is -2.45. The summed E-state index contributed by atoms with van der Waals surface area (Å²) >= 11 is 0. The summed E-state index contributed by atoms with van der Waals surface area (Å²) in [6.45, 7) is 14.2. The van der Waals surface area contributed by atoms with Gasteiger partial charge in [0.25, 0.3) is 16.6 Å². The maximum atomic E-state index is 13.9. The normalized spacial score (nSPS) is 14.0. The average Bonchev–Trinajstić information content (AvgIpc) is 3.12. The molecule has 0 aliphatic rings. The fourth-order valence-electron chi connectivity index (χ4n) is 7.18. The van der Waals surface area contributed by atoms with Gasteiger partial charge in [-0.1, -0.05) is 193 Å². The van der Waals surface area contributed by atoms with Gasteiger partial charge in [-0.25, -0.2) is 0 Å². The molecule has 0 aliphatic carbocycles. The Balaban J connectivity index is 1.49. The number of benzene rings is 5. The van der Waals surface area contributed by atoms with E-state index in [1.807, 2.05) is 30.3 Å². The van der Waals surface area contributed by atoms with Crippen molar-refractivity contribution >= 4 is 48.2 Å². The van der Waals surface area contributed by atoms with Crippen LogP contribution in [0.25, 0.3) is 0 Å². The van der Waals surface area contributed by atoms with Crippen molar-refractivity contribution < 1.29 is 13.1 Å². The molecule has 0 saturated heterocycles. The van der Waals surface area contributed by atoms with Crippen molar-refractivity contribution in [3.05, 3.63) is 164 Å². The maximum Gasteiger partial charge on any atom is 0.261 e. The molecule has 0 aliphatic heterocycles. The van der Waals surface area contributed by atoms with Gasteiger partial charge in [-0.05, 0) is 49.4 Å². The Bertz CT molecular complexity index is 1720. The average molecular weight is 717 g/mol. The Morgan fingerprint density at radius 3 is 1.28 bits per heavy atom. The summed E-state index contributed by atoms with van der Waals surface area (Å²) in [6, 6.07) is 52.7. The lowest BCUT2D eigenvalue weighted by Crippen LogP contribution is -2.68. The van der Waals surface area contributed by atoms with Gasteiger partial charge in [0.05, 0.1) is 29.3 Å². The molecule has 5 aromatic carbocycles. The predicted octanol–water partition coefficient (Wildman–Crippen LogP) is 8.26. The van der Waals surface area contributed by atoms with Crippen LogP contribution in [0.5, 0.6) is 0 Å². The molecule has 0 spiro atoms. The first-order valence-corrected chi connectivity index (χ1v) is 22.7. The summed E-state index contributed by atoms with van der Waals surface area (Å²) in [5.41, 5.74) is 0. The minimum atomic E-state index is -2.88. The van der Waals surface area contributed by atoms with E-state index in [-0.39, 0.29) is 16.2 Å². The summed E-state index contributed by atoms with van der Waals surface area (Å²) in [6.07, 6.45) is 4.66. The Morgan fingerprint density at radius 1 is 0.540 bits per heavy atom. The molecule has 0 bridgehead atoms. The van der Waals surface area contributed by atoms with Crippen LogP contribution in [0.3, 0.4) is 0 Å². The van der Waals surface area contributed by atoms with E-state index in [0.717, 1.165) is 4.90 Å². The van der Waals surface area contributed by atoms with E-state index in [4.69, 9.17) is 8.85 Å². The first kappa shape index (κ1) is 37.6. The van der Waals surface area contributed by atoms with Gasteiger partial charge in [0, 0.05) is 4.90 Å².